The first-order valence-electron chi connectivity index (χ1n) is 36.3. The van der Waals surface area contributed by atoms with Gasteiger partial charge in [0.15, 0.2) is 5.82 Å². The highest BCUT2D eigenvalue weighted by atomic mass is 15.0. The van der Waals surface area contributed by atoms with Gasteiger partial charge in [-0.15, -0.1) is 0 Å². The number of aromatic nitrogens is 6. The van der Waals surface area contributed by atoms with E-state index in [-0.39, 0.29) is 0 Å². The van der Waals surface area contributed by atoms with Crippen molar-refractivity contribution in [2.75, 3.05) is 0 Å². The van der Waals surface area contributed by atoms with Gasteiger partial charge in [0.05, 0.1) is 55.5 Å². The molecule has 21 aromatic rings. The lowest BCUT2D eigenvalue weighted by atomic mass is 9.92. The second-order valence-corrected chi connectivity index (χ2v) is 27.7. The first-order chi connectivity index (χ1) is 52.5. The average molecular weight is 1350 g/mol. The minimum absolute atomic E-state index is 0.627. The first-order valence-corrected chi connectivity index (χ1v) is 36.3. The molecule has 21 rings (SSSR count). The smallest absolute Gasteiger partial charge is 0.160 e. The average Bonchev–Trinajstić information content (AvgIpc) is 1.60. The normalized spacial score (nSPS) is 11.8. The zero-order chi connectivity index (χ0) is 69.8. The molecule has 0 spiro atoms. The fourth-order valence-corrected chi connectivity index (χ4v) is 16.6. The van der Waals surface area contributed by atoms with Crippen LogP contribution in [0.5, 0.6) is 0 Å². The second-order valence-electron chi connectivity index (χ2n) is 27.7. The number of hydrogen-bond acceptors (Lipinski definition) is 2. The number of benzene rings is 16. The van der Waals surface area contributed by atoms with Crippen molar-refractivity contribution in [2.45, 2.75) is 0 Å². The Morgan fingerprint density at radius 1 is 0.142 bits per heavy atom. The molecular formula is C100H64N6. The van der Waals surface area contributed by atoms with Crippen molar-refractivity contribution in [2.24, 2.45) is 0 Å². The van der Waals surface area contributed by atoms with Crippen LogP contribution in [0, 0.1) is 0 Å². The highest BCUT2D eigenvalue weighted by molar-refractivity contribution is 6.15. The van der Waals surface area contributed by atoms with E-state index in [0.717, 1.165) is 101 Å². The Balaban J connectivity index is 0.696. The molecule has 0 radical (unpaired) electrons. The summed E-state index contributed by atoms with van der Waals surface area (Å²) in [6, 6.07) is 141. The van der Waals surface area contributed by atoms with Gasteiger partial charge in [-0.25, -0.2) is 9.97 Å². The zero-order valence-electron chi connectivity index (χ0n) is 57.6. The quantitative estimate of drug-likeness (QED) is 0.122. The van der Waals surface area contributed by atoms with Crippen molar-refractivity contribution >= 4 is 87.2 Å². The molecule has 494 valence electrons. The van der Waals surface area contributed by atoms with E-state index in [9.17, 15) is 0 Å². The van der Waals surface area contributed by atoms with Crippen LogP contribution < -0.4 is 0 Å². The zero-order valence-corrected chi connectivity index (χ0v) is 57.6. The first kappa shape index (κ1) is 60.6. The molecule has 16 aromatic carbocycles. The highest BCUT2D eigenvalue weighted by Gasteiger charge is 2.22. The molecule has 0 aliphatic rings. The maximum atomic E-state index is 5.64. The maximum Gasteiger partial charge on any atom is 0.160 e. The van der Waals surface area contributed by atoms with Crippen LogP contribution in [0.4, 0.5) is 0 Å². The third-order valence-corrected chi connectivity index (χ3v) is 21.5. The van der Waals surface area contributed by atoms with E-state index in [1.165, 1.54) is 93.0 Å². The fourth-order valence-electron chi connectivity index (χ4n) is 16.6. The Kier molecular flexibility index (Phi) is 14.2. The summed E-state index contributed by atoms with van der Waals surface area (Å²) in [6.07, 6.45) is 0. The van der Waals surface area contributed by atoms with E-state index in [2.05, 4.69) is 407 Å². The molecule has 0 saturated carbocycles. The molecule has 5 heterocycles. The number of para-hydroxylation sites is 6. The van der Waals surface area contributed by atoms with Gasteiger partial charge in [-0.3, -0.25) is 0 Å². The number of nitrogens with zero attached hydrogens (tertiary/aromatic N) is 6. The van der Waals surface area contributed by atoms with Crippen molar-refractivity contribution in [3.63, 3.8) is 0 Å². The van der Waals surface area contributed by atoms with Crippen LogP contribution in [0.25, 0.3) is 200 Å². The van der Waals surface area contributed by atoms with Gasteiger partial charge in [0.2, 0.25) is 0 Å². The van der Waals surface area contributed by atoms with E-state index < -0.39 is 0 Å². The van der Waals surface area contributed by atoms with Gasteiger partial charge in [0, 0.05) is 82.5 Å². The van der Waals surface area contributed by atoms with Crippen LogP contribution in [0.15, 0.2) is 388 Å². The monoisotopic (exact) mass is 1350 g/mol. The van der Waals surface area contributed by atoms with Gasteiger partial charge < -0.3 is 18.3 Å². The lowest BCUT2D eigenvalue weighted by molar-refractivity contribution is 1.15. The maximum absolute atomic E-state index is 5.64. The second kappa shape index (κ2) is 24.8. The summed E-state index contributed by atoms with van der Waals surface area (Å²) in [7, 11) is 0. The molecule has 0 atom stereocenters. The van der Waals surface area contributed by atoms with Crippen LogP contribution >= 0.6 is 0 Å². The van der Waals surface area contributed by atoms with Gasteiger partial charge in [-0.1, -0.05) is 237 Å². The lowest BCUT2D eigenvalue weighted by Gasteiger charge is -2.14. The summed E-state index contributed by atoms with van der Waals surface area (Å²) in [4.78, 5) is 11.3. The van der Waals surface area contributed by atoms with Crippen molar-refractivity contribution < 1.29 is 0 Å². The summed E-state index contributed by atoms with van der Waals surface area (Å²) < 4.78 is 9.57. The fraction of sp³-hybridized carbons (Fsp3) is 0. The molecule has 0 bridgehead atoms. The standard InChI is InChI=1S/C100H64N6/c1-5-24-65(25-6-1)75-55-76(66-26-7-2-8-27-66)57-77(56-75)67-28-21-29-72(54-67)90-64-91(73-30-22-36-80(58-73)105-94-44-19-15-40-84(94)88-62-70(48-52-98(88)105)68-46-50-96-86(60-68)82-38-13-17-42-92(82)103(96)78-32-9-3-10-33-78)102-100(101-90)74-31-23-37-81(59-74)106-95-45-20-16-41-85(95)89-63-71(49-53-99(89)106)69-47-51-97-87(61-69)83-39-14-18-43-93(83)104(97)79-34-11-4-12-35-79/h1-64H. The summed E-state index contributed by atoms with van der Waals surface area (Å²) in [5.74, 6) is 0.627. The predicted octanol–water partition coefficient (Wildman–Crippen LogP) is 26.2. The largest absolute Gasteiger partial charge is 0.309 e. The molecule has 0 aliphatic heterocycles. The summed E-state index contributed by atoms with van der Waals surface area (Å²) in [6.45, 7) is 0. The van der Waals surface area contributed by atoms with Crippen LogP contribution in [0.1, 0.15) is 0 Å². The third-order valence-electron chi connectivity index (χ3n) is 21.5. The number of fused-ring (bicyclic) bond motifs is 12. The molecule has 5 aromatic heterocycles. The van der Waals surface area contributed by atoms with E-state index in [4.69, 9.17) is 9.97 Å². The lowest BCUT2D eigenvalue weighted by Crippen LogP contribution is -1.99. The van der Waals surface area contributed by atoms with E-state index >= 15 is 0 Å². The molecule has 0 unspecified atom stereocenters. The molecule has 0 saturated heterocycles. The Hall–Kier alpha value is -14.2. The topological polar surface area (TPSA) is 45.5 Å². The van der Waals surface area contributed by atoms with Crippen molar-refractivity contribution in [3.05, 3.63) is 388 Å². The highest BCUT2D eigenvalue weighted by Crippen LogP contribution is 2.44. The van der Waals surface area contributed by atoms with E-state index in [0.29, 0.717) is 5.82 Å². The Labute approximate surface area is 612 Å². The number of rotatable bonds is 12. The van der Waals surface area contributed by atoms with Crippen LogP contribution in [-0.4, -0.2) is 28.2 Å². The number of hydrogen-bond donors (Lipinski definition) is 0. The van der Waals surface area contributed by atoms with Gasteiger partial charge in [0.25, 0.3) is 0 Å². The van der Waals surface area contributed by atoms with Gasteiger partial charge >= 0.3 is 0 Å². The molecule has 106 heavy (non-hydrogen) atoms. The third kappa shape index (κ3) is 10.2. The van der Waals surface area contributed by atoms with Crippen molar-refractivity contribution in [1.29, 1.82) is 0 Å². The molecule has 0 fully saturated rings. The predicted molar refractivity (Wildman–Crippen MR) is 443 cm³/mol. The van der Waals surface area contributed by atoms with Gasteiger partial charge in [-0.2, -0.15) is 0 Å². The van der Waals surface area contributed by atoms with Crippen LogP contribution in [0.2, 0.25) is 0 Å². The molecule has 6 nitrogen and oxygen atoms in total. The molecule has 0 N–H and O–H groups in total. The van der Waals surface area contributed by atoms with Gasteiger partial charge in [0.1, 0.15) is 0 Å². The summed E-state index contributed by atoms with van der Waals surface area (Å²) in [5.41, 5.74) is 29.6. The van der Waals surface area contributed by atoms with E-state index in [1.807, 2.05) is 0 Å². The van der Waals surface area contributed by atoms with Crippen molar-refractivity contribution in [3.8, 4) is 112 Å². The molecule has 0 amide bonds. The molecule has 0 aliphatic carbocycles. The molecular weight excluding hydrogens is 1290 g/mol. The van der Waals surface area contributed by atoms with Crippen LogP contribution in [0.3, 0.4) is 0 Å². The molecule has 6 heteroatoms. The summed E-state index contributed by atoms with van der Waals surface area (Å²) in [5, 5.41) is 9.66. The van der Waals surface area contributed by atoms with Crippen molar-refractivity contribution in [1.82, 2.24) is 28.2 Å². The van der Waals surface area contributed by atoms with Crippen LogP contribution in [-0.2, 0) is 0 Å². The SMILES string of the molecule is c1ccc(-c2cc(-c3ccccc3)cc(-c3cccc(-c4cc(-c5cccc(-n6c7ccccc7c7cc(-c8ccc9c(c8)c8ccccc8n9-c8ccccc8)ccc76)c5)nc(-c5cccc(-n6c7ccccc7c7cc(-c8ccc9c(c8)c8ccccc8n9-c8ccccc8)ccc76)c5)n4)c3)c2)cc1. The summed E-state index contributed by atoms with van der Waals surface area (Å²) >= 11 is 0. The minimum atomic E-state index is 0.627. The Morgan fingerprint density at radius 3 is 0.792 bits per heavy atom. The minimum Gasteiger partial charge on any atom is -0.309 e. The van der Waals surface area contributed by atoms with Gasteiger partial charge in [-0.05, 0) is 207 Å². The Morgan fingerprint density at radius 2 is 0.396 bits per heavy atom. The van der Waals surface area contributed by atoms with E-state index in [1.54, 1.807) is 0 Å². The Bertz CT molecular complexity index is 6660.